The van der Waals surface area contributed by atoms with E-state index >= 15 is 0 Å². The number of aliphatic imine (C=N–C) groups is 2. The van der Waals surface area contributed by atoms with E-state index in [1.807, 2.05) is 6.07 Å². The predicted molar refractivity (Wildman–Crippen MR) is 90.1 cm³/mol. The number of nitrogens with zero attached hydrogens (tertiary/aromatic N) is 2. The largest absolute Gasteiger partial charge is 0.281 e. The Balaban J connectivity index is 1.83. The van der Waals surface area contributed by atoms with Crippen molar-refractivity contribution in [3.05, 3.63) is 59.7 Å². The minimum Gasteiger partial charge on any atom is -0.281 e. The van der Waals surface area contributed by atoms with E-state index in [0.29, 0.717) is 5.92 Å². The van der Waals surface area contributed by atoms with Gasteiger partial charge in [-0.1, -0.05) is 37.3 Å². The Kier molecular flexibility index (Phi) is 3.62. The average Bonchev–Trinajstić information content (AvgIpc) is 2.45. The molecule has 0 aromatic heterocycles. The predicted octanol–water partition coefficient (Wildman–Crippen LogP) is 4.38. The van der Waals surface area contributed by atoms with Gasteiger partial charge in [-0.15, -0.1) is 0 Å². The van der Waals surface area contributed by atoms with Crippen molar-refractivity contribution in [1.29, 1.82) is 0 Å². The molecular formula is C19H22N2. The smallest absolute Gasteiger partial charge is 0.0646 e. The normalized spacial score (nSPS) is 25.3. The molecule has 0 saturated heterocycles. The summed E-state index contributed by atoms with van der Waals surface area (Å²) in [5.74, 6) is 0.541. The van der Waals surface area contributed by atoms with Crippen LogP contribution in [0, 0.1) is 5.92 Å². The number of hydrogen-bond donors (Lipinski definition) is 0. The number of rotatable bonds is 2. The standard InChI is InChI=1S/C19H22N2/c1-14-12-19(2,3)21-18-10-9-16(11-17(14)18)20-13-15-7-5-4-6-8-15/h4-11,14H,12-13H2,1-3H3. The molecule has 0 fully saturated rings. The van der Waals surface area contributed by atoms with E-state index in [1.165, 1.54) is 11.1 Å². The molecule has 0 radical (unpaired) electrons. The lowest BCUT2D eigenvalue weighted by atomic mass is 9.79. The van der Waals surface area contributed by atoms with Crippen molar-refractivity contribution in [2.75, 3.05) is 0 Å². The molecule has 1 unspecified atom stereocenters. The number of benzene rings is 1. The summed E-state index contributed by atoms with van der Waals surface area (Å²) in [7, 11) is 0. The van der Waals surface area contributed by atoms with Crippen LogP contribution in [0.2, 0.25) is 0 Å². The first-order valence-corrected chi connectivity index (χ1v) is 7.62. The van der Waals surface area contributed by atoms with Crippen LogP contribution in [0.5, 0.6) is 0 Å². The van der Waals surface area contributed by atoms with Gasteiger partial charge in [0.2, 0.25) is 0 Å². The summed E-state index contributed by atoms with van der Waals surface area (Å²) in [5.41, 5.74) is 4.82. The molecule has 1 heterocycles. The maximum atomic E-state index is 4.85. The third-order valence-corrected chi connectivity index (χ3v) is 4.06. The molecule has 2 aliphatic rings. The van der Waals surface area contributed by atoms with Gasteiger partial charge in [-0.3, -0.25) is 9.98 Å². The number of hydrogen-bond acceptors (Lipinski definition) is 2. The van der Waals surface area contributed by atoms with Gasteiger partial charge < -0.3 is 0 Å². The van der Waals surface area contributed by atoms with E-state index in [0.717, 1.165) is 24.4 Å². The highest BCUT2D eigenvalue weighted by Gasteiger charge is 2.30. The lowest BCUT2D eigenvalue weighted by molar-refractivity contribution is 0.406. The SMILES string of the molecule is CC1CC(C)(C)N=C2C=CC(=NCc3ccccc3)C=C21. The molecule has 2 nitrogen and oxygen atoms in total. The van der Waals surface area contributed by atoms with Crippen LogP contribution >= 0.6 is 0 Å². The number of allylic oxidation sites excluding steroid dienone is 4. The first-order chi connectivity index (χ1) is 10.0. The van der Waals surface area contributed by atoms with Crippen LogP contribution in [-0.4, -0.2) is 17.0 Å². The molecule has 3 rings (SSSR count). The summed E-state index contributed by atoms with van der Waals surface area (Å²) in [6.07, 6.45) is 7.51. The van der Waals surface area contributed by atoms with E-state index in [-0.39, 0.29) is 5.54 Å². The van der Waals surface area contributed by atoms with E-state index in [2.05, 4.69) is 63.3 Å². The Morgan fingerprint density at radius 2 is 1.95 bits per heavy atom. The van der Waals surface area contributed by atoms with Crippen molar-refractivity contribution in [3.8, 4) is 0 Å². The summed E-state index contributed by atoms with van der Waals surface area (Å²) in [4.78, 5) is 9.56. The summed E-state index contributed by atoms with van der Waals surface area (Å²) in [6.45, 7) is 7.44. The molecule has 0 spiro atoms. The topological polar surface area (TPSA) is 24.7 Å². The second kappa shape index (κ2) is 5.44. The Labute approximate surface area is 127 Å². The molecule has 0 bridgehead atoms. The molecule has 0 saturated carbocycles. The number of fused-ring (bicyclic) bond motifs is 1. The second-order valence-corrected chi connectivity index (χ2v) is 6.57. The molecule has 1 aliphatic heterocycles. The molecule has 21 heavy (non-hydrogen) atoms. The fourth-order valence-electron chi connectivity index (χ4n) is 3.13. The van der Waals surface area contributed by atoms with Crippen LogP contribution in [0.25, 0.3) is 0 Å². The fraction of sp³-hybridized carbons (Fsp3) is 0.368. The van der Waals surface area contributed by atoms with Crippen LogP contribution in [-0.2, 0) is 6.54 Å². The van der Waals surface area contributed by atoms with Crippen LogP contribution in [0.15, 0.2) is 64.1 Å². The van der Waals surface area contributed by atoms with E-state index in [1.54, 1.807) is 0 Å². The Bertz CT molecular complexity index is 645. The fourth-order valence-corrected chi connectivity index (χ4v) is 3.13. The Morgan fingerprint density at radius 3 is 2.71 bits per heavy atom. The summed E-state index contributed by atoms with van der Waals surface area (Å²) < 4.78 is 0. The zero-order valence-corrected chi connectivity index (χ0v) is 13.0. The molecule has 2 heteroatoms. The van der Waals surface area contributed by atoms with Gasteiger partial charge in [-0.2, -0.15) is 0 Å². The highest BCUT2D eigenvalue weighted by atomic mass is 14.9. The lowest BCUT2D eigenvalue weighted by Crippen LogP contribution is -2.31. The van der Waals surface area contributed by atoms with Gasteiger partial charge in [0.15, 0.2) is 0 Å². The van der Waals surface area contributed by atoms with Gasteiger partial charge in [-0.25, -0.2) is 0 Å². The quantitative estimate of drug-likeness (QED) is 0.717. The van der Waals surface area contributed by atoms with Crippen molar-refractivity contribution in [3.63, 3.8) is 0 Å². The van der Waals surface area contributed by atoms with Crippen LogP contribution in [0.4, 0.5) is 0 Å². The summed E-state index contributed by atoms with van der Waals surface area (Å²) in [5, 5.41) is 0. The first kappa shape index (κ1) is 14.0. The minimum atomic E-state index is 0.0507. The van der Waals surface area contributed by atoms with Crippen LogP contribution in [0.1, 0.15) is 32.8 Å². The first-order valence-electron chi connectivity index (χ1n) is 7.62. The molecule has 1 atom stereocenters. The van der Waals surface area contributed by atoms with Gasteiger partial charge >= 0.3 is 0 Å². The van der Waals surface area contributed by atoms with Crippen molar-refractivity contribution in [1.82, 2.24) is 0 Å². The molecule has 0 amide bonds. The van der Waals surface area contributed by atoms with E-state index < -0.39 is 0 Å². The molecule has 0 N–H and O–H groups in total. The monoisotopic (exact) mass is 278 g/mol. The third-order valence-electron chi connectivity index (χ3n) is 4.06. The third kappa shape index (κ3) is 3.21. The Hall–Kier alpha value is -1.96. The van der Waals surface area contributed by atoms with Crippen LogP contribution in [0.3, 0.4) is 0 Å². The molecular weight excluding hydrogens is 256 g/mol. The summed E-state index contributed by atoms with van der Waals surface area (Å²) >= 11 is 0. The highest BCUT2D eigenvalue weighted by molar-refractivity contribution is 6.21. The van der Waals surface area contributed by atoms with Gasteiger partial charge in [0.05, 0.1) is 23.5 Å². The zero-order chi connectivity index (χ0) is 14.9. The molecule has 1 aromatic rings. The van der Waals surface area contributed by atoms with Gasteiger partial charge in [0.25, 0.3) is 0 Å². The Morgan fingerprint density at radius 1 is 1.19 bits per heavy atom. The maximum Gasteiger partial charge on any atom is 0.0646 e. The van der Waals surface area contributed by atoms with Crippen molar-refractivity contribution >= 4 is 11.4 Å². The average molecular weight is 278 g/mol. The maximum absolute atomic E-state index is 4.85. The second-order valence-electron chi connectivity index (χ2n) is 6.57. The van der Waals surface area contributed by atoms with Crippen molar-refractivity contribution < 1.29 is 0 Å². The zero-order valence-electron chi connectivity index (χ0n) is 13.0. The lowest BCUT2D eigenvalue weighted by Gasteiger charge is -2.33. The van der Waals surface area contributed by atoms with Gasteiger partial charge in [-0.05, 0) is 55.6 Å². The van der Waals surface area contributed by atoms with Crippen LogP contribution < -0.4 is 0 Å². The molecule has 1 aromatic carbocycles. The van der Waals surface area contributed by atoms with Gasteiger partial charge in [0.1, 0.15) is 0 Å². The van der Waals surface area contributed by atoms with Crippen molar-refractivity contribution in [2.45, 2.75) is 39.3 Å². The summed E-state index contributed by atoms with van der Waals surface area (Å²) in [6, 6.07) is 10.4. The van der Waals surface area contributed by atoms with E-state index in [9.17, 15) is 0 Å². The van der Waals surface area contributed by atoms with Crippen molar-refractivity contribution in [2.24, 2.45) is 15.9 Å². The minimum absolute atomic E-state index is 0.0507. The van der Waals surface area contributed by atoms with Gasteiger partial charge in [0, 0.05) is 0 Å². The molecule has 1 aliphatic carbocycles. The van der Waals surface area contributed by atoms with E-state index in [4.69, 9.17) is 9.98 Å². The molecule has 108 valence electrons. The highest BCUT2D eigenvalue weighted by Crippen LogP contribution is 2.33.